The van der Waals surface area contributed by atoms with Crippen LogP contribution in [0.1, 0.15) is 37.7 Å². The first kappa shape index (κ1) is 27.8. The third-order valence-electron chi connectivity index (χ3n) is 8.38. The molecule has 2 fully saturated rings. The first-order valence-electron chi connectivity index (χ1n) is 14.6. The van der Waals surface area contributed by atoms with Gasteiger partial charge in [0, 0.05) is 31.0 Å². The number of amides is 2. The zero-order valence-electron chi connectivity index (χ0n) is 23.5. The highest BCUT2D eigenvalue weighted by Gasteiger charge is 2.47. The van der Waals surface area contributed by atoms with Gasteiger partial charge in [-0.2, -0.15) is 0 Å². The number of morpholine rings is 1. The SMILES string of the molecule is O=C(Cn1nnc2ccccc21)N(Cc1ccc(F)cc1)C1(C(=O)Nc2ccc(N3CCOCC3)cc2)CCCCC1. The lowest BCUT2D eigenvalue weighted by Gasteiger charge is -2.45. The maximum atomic E-state index is 14.3. The van der Waals surface area contributed by atoms with Crippen molar-refractivity contribution in [3.63, 3.8) is 0 Å². The van der Waals surface area contributed by atoms with Gasteiger partial charge in [0.15, 0.2) is 0 Å². The summed E-state index contributed by atoms with van der Waals surface area (Å²) < 4.78 is 20.8. The van der Waals surface area contributed by atoms with Crippen molar-refractivity contribution >= 4 is 34.2 Å². The molecule has 2 aliphatic rings. The molecule has 10 heteroatoms. The standard InChI is InChI=1S/C32H35FN6O3/c33-25-10-8-24(9-11-25)22-38(30(40)23-39-29-7-3-2-6-28(29)35-36-39)32(16-4-1-5-17-32)31(41)34-26-12-14-27(15-13-26)37-18-20-42-21-19-37/h2-3,6-15H,1,4-5,16-23H2,(H,34,41). The van der Waals surface area contributed by atoms with Crippen LogP contribution in [-0.2, 0) is 27.4 Å². The molecule has 0 radical (unpaired) electrons. The Bertz CT molecular complexity index is 1530. The topological polar surface area (TPSA) is 92.6 Å². The van der Waals surface area contributed by atoms with Crippen molar-refractivity contribution in [2.24, 2.45) is 0 Å². The van der Waals surface area contributed by atoms with Gasteiger partial charge in [0.2, 0.25) is 11.8 Å². The Morgan fingerprint density at radius 1 is 0.929 bits per heavy atom. The molecule has 0 bridgehead atoms. The molecule has 1 saturated carbocycles. The second-order valence-corrected chi connectivity index (χ2v) is 11.0. The fourth-order valence-electron chi connectivity index (χ4n) is 6.08. The highest BCUT2D eigenvalue weighted by atomic mass is 19.1. The number of anilines is 2. The summed E-state index contributed by atoms with van der Waals surface area (Å²) in [5, 5.41) is 11.5. The summed E-state index contributed by atoms with van der Waals surface area (Å²) in [5.41, 5.74) is 2.88. The van der Waals surface area contributed by atoms with E-state index in [4.69, 9.17) is 4.74 Å². The number of rotatable bonds is 8. The number of carbonyl (C=O) groups is 2. The maximum absolute atomic E-state index is 14.3. The number of hydrogen-bond donors (Lipinski definition) is 1. The van der Waals surface area contributed by atoms with Crippen molar-refractivity contribution in [2.45, 2.75) is 50.7 Å². The molecule has 2 amide bonds. The Hall–Kier alpha value is -4.31. The van der Waals surface area contributed by atoms with Crippen molar-refractivity contribution in [3.8, 4) is 0 Å². The monoisotopic (exact) mass is 570 g/mol. The molecule has 1 N–H and O–H groups in total. The number of hydrogen-bond acceptors (Lipinski definition) is 6. The van der Waals surface area contributed by atoms with Crippen molar-refractivity contribution < 1.29 is 18.7 Å². The molecule has 1 aliphatic heterocycles. The van der Waals surface area contributed by atoms with Gasteiger partial charge in [0.25, 0.3) is 0 Å². The Kier molecular flexibility index (Phi) is 8.14. The minimum atomic E-state index is -1.07. The molecule has 1 aliphatic carbocycles. The number of fused-ring (bicyclic) bond motifs is 1. The van der Waals surface area contributed by atoms with Crippen molar-refractivity contribution in [3.05, 3.63) is 84.2 Å². The van der Waals surface area contributed by atoms with E-state index in [9.17, 15) is 14.0 Å². The predicted molar refractivity (Wildman–Crippen MR) is 158 cm³/mol. The average molecular weight is 571 g/mol. The van der Waals surface area contributed by atoms with Crippen molar-refractivity contribution in [1.82, 2.24) is 19.9 Å². The highest BCUT2D eigenvalue weighted by Crippen LogP contribution is 2.37. The number of ether oxygens (including phenoxy) is 1. The molecule has 2 heterocycles. The fraction of sp³-hybridized carbons (Fsp3) is 0.375. The zero-order chi connectivity index (χ0) is 28.9. The van der Waals surface area contributed by atoms with E-state index in [-0.39, 0.29) is 30.7 Å². The van der Waals surface area contributed by atoms with Crippen LogP contribution in [0.5, 0.6) is 0 Å². The van der Waals surface area contributed by atoms with Gasteiger partial charge in [-0.05, 0) is 66.9 Å². The fourth-order valence-corrected chi connectivity index (χ4v) is 6.08. The van der Waals surface area contributed by atoms with E-state index >= 15 is 0 Å². The Morgan fingerprint density at radius 3 is 2.38 bits per heavy atom. The van der Waals surface area contributed by atoms with Crippen LogP contribution in [0.3, 0.4) is 0 Å². The molecule has 0 unspecified atom stereocenters. The summed E-state index contributed by atoms with van der Waals surface area (Å²) in [4.78, 5) is 32.4. The van der Waals surface area contributed by atoms with E-state index in [0.29, 0.717) is 37.3 Å². The summed E-state index contributed by atoms with van der Waals surface area (Å²) >= 11 is 0. The van der Waals surface area contributed by atoms with Crippen LogP contribution in [-0.4, -0.2) is 63.6 Å². The van der Waals surface area contributed by atoms with Gasteiger partial charge in [-0.3, -0.25) is 9.59 Å². The van der Waals surface area contributed by atoms with Crippen molar-refractivity contribution in [2.75, 3.05) is 36.5 Å². The average Bonchev–Trinajstić information content (AvgIpc) is 3.44. The van der Waals surface area contributed by atoms with Gasteiger partial charge in [0.05, 0.1) is 18.7 Å². The van der Waals surface area contributed by atoms with Crippen LogP contribution in [0.25, 0.3) is 11.0 Å². The lowest BCUT2D eigenvalue weighted by atomic mass is 9.78. The molecule has 4 aromatic rings. The number of nitrogens with zero attached hydrogens (tertiary/aromatic N) is 5. The molecule has 0 spiro atoms. The summed E-state index contributed by atoms with van der Waals surface area (Å²) in [6.45, 7) is 3.17. The van der Waals surface area contributed by atoms with Crippen LogP contribution in [0.4, 0.5) is 15.8 Å². The molecule has 9 nitrogen and oxygen atoms in total. The van der Waals surface area contributed by atoms with Gasteiger partial charge < -0.3 is 19.9 Å². The van der Waals surface area contributed by atoms with Gasteiger partial charge in [-0.25, -0.2) is 9.07 Å². The first-order valence-corrected chi connectivity index (χ1v) is 14.6. The number of aromatic nitrogens is 3. The second kappa shape index (κ2) is 12.3. The van der Waals surface area contributed by atoms with E-state index < -0.39 is 5.54 Å². The van der Waals surface area contributed by atoms with Crippen LogP contribution >= 0.6 is 0 Å². The van der Waals surface area contributed by atoms with E-state index in [1.807, 2.05) is 48.5 Å². The third-order valence-corrected chi connectivity index (χ3v) is 8.38. The summed E-state index contributed by atoms with van der Waals surface area (Å²) in [5.74, 6) is -0.800. The molecule has 1 aromatic heterocycles. The quantitative estimate of drug-likeness (QED) is 0.328. The molecule has 0 atom stereocenters. The second-order valence-electron chi connectivity index (χ2n) is 11.0. The minimum Gasteiger partial charge on any atom is -0.378 e. The molecule has 1 saturated heterocycles. The number of carbonyl (C=O) groups excluding carboxylic acids is 2. The number of nitrogens with one attached hydrogen (secondary N) is 1. The molecule has 218 valence electrons. The van der Waals surface area contributed by atoms with Crippen LogP contribution in [0.15, 0.2) is 72.8 Å². The molecular formula is C32H35FN6O3. The lowest BCUT2D eigenvalue weighted by Crippen LogP contribution is -2.60. The van der Waals surface area contributed by atoms with Crippen molar-refractivity contribution in [1.29, 1.82) is 0 Å². The van der Waals surface area contributed by atoms with E-state index in [1.54, 1.807) is 21.7 Å². The zero-order valence-corrected chi connectivity index (χ0v) is 23.5. The third kappa shape index (κ3) is 5.85. The maximum Gasteiger partial charge on any atom is 0.250 e. The molecular weight excluding hydrogens is 535 g/mol. The largest absolute Gasteiger partial charge is 0.378 e. The van der Waals surface area contributed by atoms with Gasteiger partial charge in [-0.1, -0.05) is 48.7 Å². The Labute approximate surface area is 244 Å². The summed E-state index contributed by atoms with van der Waals surface area (Å²) in [6, 6.07) is 21.4. The predicted octanol–water partition coefficient (Wildman–Crippen LogP) is 4.78. The van der Waals surface area contributed by atoms with E-state index in [2.05, 4.69) is 20.5 Å². The smallest absolute Gasteiger partial charge is 0.250 e. The number of benzene rings is 3. The Morgan fingerprint density at radius 2 is 1.64 bits per heavy atom. The highest BCUT2D eigenvalue weighted by molar-refractivity contribution is 6.00. The molecule has 3 aromatic carbocycles. The van der Waals surface area contributed by atoms with E-state index in [0.717, 1.165) is 49.1 Å². The van der Waals surface area contributed by atoms with Crippen LogP contribution < -0.4 is 10.2 Å². The molecule has 6 rings (SSSR count). The summed E-state index contributed by atoms with van der Waals surface area (Å²) in [7, 11) is 0. The van der Waals surface area contributed by atoms with E-state index in [1.165, 1.54) is 12.1 Å². The minimum absolute atomic E-state index is 0.0645. The molecule has 42 heavy (non-hydrogen) atoms. The normalized spacial score (nSPS) is 16.7. The van der Waals surface area contributed by atoms with Crippen LogP contribution in [0.2, 0.25) is 0 Å². The summed E-state index contributed by atoms with van der Waals surface area (Å²) in [6.07, 6.45) is 3.72. The van der Waals surface area contributed by atoms with Gasteiger partial charge in [-0.15, -0.1) is 5.10 Å². The number of para-hydroxylation sites is 1. The van der Waals surface area contributed by atoms with Gasteiger partial charge >= 0.3 is 0 Å². The van der Waals surface area contributed by atoms with Crippen LogP contribution in [0, 0.1) is 5.82 Å². The Balaban J connectivity index is 1.30. The number of halogens is 1. The first-order chi connectivity index (χ1) is 20.5. The van der Waals surface area contributed by atoms with Gasteiger partial charge in [0.1, 0.15) is 23.4 Å². The lowest BCUT2D eigenvalue weighted by molar-refractivity contribution is -0.149.